The van der Waals surface area contributed by atoms with Gasteiger partial charge >= 0.3 is 0 Å². The fourth-order valence-electron chi connectivity index (χ4n) is 4.16. The lowest BCUT2D eigenvalue weighted by Crippen LogP contribution is -2.29. The second-order valence-corrected chi connectivity index (χ2v) is 7.87. The predicted octanol–water partition coefficient (Wildman–Crippen LogP) is 5.13. The second kappa shape index (κ2) is 7.57. The first kappa shape index (κ1) is 19.0. The minimum absolute atomic E-state index is 0.0211. The van der Waals surface area contributed by atoms with E-state index in [0.717, 1.165) is 28.1 Å². The van der Waals surface area contributed by atoms with Gasteiger partial charge in [0.15, 0.2) is 5.11 Å². The molecule has 1 aliphatic heterocycles. The molecule has 0 aliphatic carbocycles. The van der Waals surface area contributed by atoms with Gasteiger partial charge in [-0.2, -0.15) is 0 Å². The molecule has 1 aromatic carbocycles. The van der Waals surface area contributed by atoms with E-state index in [1.54, 1.807) is 0 Å². The van der Waals surface area contributed by atoms with Crippen LogP contribution < -0.4 is 5.32 Å². The van der Waals surface area contributed by atoms with Crippen molar-refractivity contribution in [3.05, 3.63) is 82.4 Å². The molecule has 4 rings (SSSR count). The normalized spacial score (nSPS) is 19.1. The Kier molecular flexibility index (Phi) is 5.13. The lowest BCUT2D eigenvalue weighted by atomic mass is 9.97. The van der Waals surface area contributed by atoms with E-state index in [1.165, 1.54) is 17.0 Å². The van der Waals surface area contributed by atoms with Crippen LogP contribution in [0.4, 0.5) is 0 Å². The van der Waals surface area contributed by atoms with E-state index in [2.05, 4.69) is 64.8 Å². The van der Waals surface area contributed by atoms with Crippen molar-refractivity contribution in [3.8, 4) is 5.69 Å². The van der Waals surface area contributed by atoms with Crippen molar-refractivity contribution < 1.29 is 0 Å². The number of thiocarbonyl (C=S) groups is 1. The molecular weight excluding hydrogens is 388 g/mol. The van der Waals surface area contributed by atoms with Crippen molar-refractivity contribution in [2.24, 2.45) is 0 Å². The van der Waals surface area contributed by atoms with E-state index >= 15 is 0 Å². The molecule has 0 saturated carbocycles. The van der Waals surface area contributed by atoms with Crippen molar-refractivity contribution in [1.29, 1.82) is 0 Å². The molecule has 3 heterocycles. The summed E-state index contributed by atoms with van der Waals surface area (Å²) >= 11 is 11.7. The first-order valence-corrected chi connectivity index (χ1v) is 10.2. The molecule has 1 aliphatic rings. The summed E-state index contributed by atoms with van der Waals surface area (Å²) < 4.78 is 2.27. The standard InChI is InChI=1S/C22H23ClN4S/c1-4-26-21(20(25-22(26)28)19-7-5-6-12-24-19)18-13-14(2)27(15(18)3)17-10-8-16(23)9-11-17/h5-13,20-21H,4H2,1-3H3,(H,25,28). The summed E-state index contributed by atoms with van der Waals surface area (Å²) in [6.45, 7) is 7.28. The SMILES string of the molecule is CCN1C(=S)NC(c2ccccn2)C1c1cc(C)n(-c2ccc(Cl)cc2)c1C. The molecule has 28 heavy (non-hydrogen) atoms. The smallest absolute Gasteiger partial charge is 0.170 e. The number of likely N-dealkylation sites (N-methyl/N-ethyl adjacent to an activating group) is 1. The lowest BCUT2D eigenvalue weighted by molar-refractivity contribution is 0.329. The highest BCUT2D eigenvalue weighted by atomic mass is 35.5. The minimum Gasteiger partial charge on any atom is -0.352 e. The molecule has 4 nitrogen and oxygen atoms in total. The lowest BCUT2D eigenvalue weighted by Gasteiger charge is -2.27. The van der Waals surface area contributed by atoms with Gasteiger partial charge in [-0.1, -0.05) is 17.7 Å². The van der Waals surface area contributed by atoms with E-state index in [9.17, 15) is 0 Å². The van der Waals surface area contributed by atoms with Gasteiger partial charge in [0.05, 0.1) is 17.8 Å². The van der Waals surface area contributed by atoms with Crippen LogP contribution in [0, 0.1) is 13.8 Å². The van der Waals surface area contributed by atoms with Crippen LogP contribution in [0.25, 0.3) is 5.69 Å². The molecule has 0 amide bonds. The molecule has 3 aromatic rings. The molecule has 6 heteroatoms. The molecule has 0 radical (unpaired) electrons. The van der Waals surface area contributed by atoms with Gasteiger partial charge in [-0.15, -0.1) is 0 Å². The molecular formula is C22H23ClN4S. The summed E-state index contributed by atoms with van der Waals surface area (Å²) in [6, 6.07) is 16.4. The van der Waals surface area contributed by atoms with Crippen molar-refractivity contribution in [1.82, 2.24) is 19.8 Å². The van der Waals surface area contributed by atoms with Gasteiger partial charge in [0.2, 0.25) is 0 Å². The topological polar surface area (TPSA) is 33.1 Å². The first-order chi connectivity index (χ1) is 13.5. The maximum absolute atomic E-state index is 6.08. The molecule has 1 fully saturated rings. The monoisotopic (exact) mass is 410 g/mol. The number of nitrogens with zero attached hydrogens (tertiary/aromatic N) is 3. The molecule has 0 spiro atoms. The van der Waals surface area contributed by atoms with Crippen LogP contribution in [-0.2, 0) is 0 Å². The molecule has 2 atom stereocenters. The highest BCUT2D eigenvalue weighted by Crippen LogP contribution is 2.41. The molecule has 144 valence electrons. The van der Waals surface area contributed by atoms with Gasteiger partial charge in [-0.3, -0.25) is 4.98 Å². The summed E-state index contributed by atoms with van der Waals surface area (Å²) in [6.07, 6.45) is 1.84. The van der Waals surface area contributed by atoms with E-state index in [1.807, 2.05) is 30.5 Å². The Morgan fingerprint density at radius 2 is 1.89 bits per heavy atom. The van der Waals surface area contributed by atoms with Crippen LogP contribution in [0.3, 0.4) is 0 Å². The van der Waals surface area contributed by atoms with E-state index in [4.69, 9.17) is 23.8 Å². The summed E-state index contributed by atoms with van der Waals surface area (Å²) in [5, 5.41) is 5.01. The molecule has 1 saturated heterocycles. The fraction of sp³-hybridized carbons (Fsp3) is 0.273. The van der Waals surface area contributed by atoms with E-state index in [-0.39, 0.29) is 12.1 Å². The third kappa shape index (κ3) is 3.19. The Hall–Kier alpha value is -2.37. The van der Waals surface area contributed by atoms with E-state index in [0.29, 0.717) is 0 Å². The number of nitrogens with one attached hydrogen (secondary N) is 1. The molecule has 2 aromatic heterocycles. The summed E-state index contributed by atoms with van der Waals surface area (Å²) in [7, 11) is 0. The zero-order valence-corrected chi connectivity index (χ0v) is 17.8. The average Bonchev–Trinajstić information content (AvgIpc) is 3.18. The summed E-state index contributed by atoms with van der Waals surface area (Å²) in [5.74, 6) is 0. The Morgan fingerprint density at radius 3 is 2.54 bits per heavy atom. The van der Waals surface area contributed by atoms with Crippen LogP contribution in [-0.4, -0.2) is 26.1 Å². The van der Waals surface area contributed by atoms with Crippen molar-refractivity contribution in [3.63, 3.8) is 0 Å². The molecule has 0 bridgehead atoms. The molecule has 1 N–H and O–H groups in total. The number of rotatable bonds is 4. The highest BCUT2D eigenvalue weighted by molar-refractivity contribution is 7.80. The van der Waals surface area contributed by atoms with Crippen LogP contribution >= 0.6 is 23.8 Å². The maximum Gasteiger partial charge on any atom is 0.170 e. The van der Waals surface area contributed by atoms with Gasteiger partial charge < -0.3 is 14.8 Å². The van der Waals surface area contributed by atoms with Crippen LogP contribution in [0.15, 0.2) is 54.7 Å². The predicted molar refractivity (Wildman–Crippen MR) is 118 cm³/mol. The largest absolute Gasteiger partial charge is 0.352 e. The van der Waals surface area contributed by atoms with Crippen molar-refractivity contribution in [2.75, 3.05) is 6.54 Å². The van der Waals surface area contributed by atoms with Crippen LogP contribution in [0.5, 0.6) is 0 Å². The zero-order chi connectivity index (χ0) is 19.8. The first-order valence-electron chi connectivity index (χ1n) is 9.44. The number of halogens is 1. The number of pyridine rings is 1. The molecule has 2 unspecified atom stereocenters. The van der Waals surface area contributed by atoms with Crippen LogP contribution in [0.2, 0.25) is 5.02 Å². The number of aryl methyl sites for hydroxylation is 1. The zero-order valence-electron chi connectivity index (χ0n) is 16.2. The van der Waals surface area contributed by atoms with Gasteiger partial charge in [-0.05, 0) is 81.0 Å². The number of aromatic nitrogens is 2. The van der Waals surface area contributed by atoms with Gasteiger partial charge in [0, 0.05) is 34.8 Å². The second-order valence-electron chi connectivity index (χ2n) is 7.05. The average molecular weight is 411 g/mol. The minimum atomic E-state index is 0.0211. The highest BCUT2D eigenvalue weighted by Gasteiger charge is 2.40. The van der Waals surface area contributed by atoms with Crippen LogP contribution in [0.1, 0.15) is 41.7 Å². The quantitative estimate of drug-likeness (QED) is 0.604. The Morgan fingerprint density at radius 1 is 1.14 bits per heavy atom. The Balaban J connectivity index is 1.82. The third-order valence-electron chi connectivity index (χ3n) is 5.41. The summed E-state index contributed by atoms with van der Waals surface area (Å²) in [5.41, 5.74) is 5.76. The number of benzene rings is 1. The summed E-state index contributed by atoms with van der Waals surface area (Å²) in [4.78, 5) is 6.85. The van der Waals surface area contributed by atoms with Gasteiger partial charge in [0.1, 0.15) is 0 Å². The van der Waals surface area contributed by atoms with Crippen molar-refractivity contribution in [2.45, 2.75) is 32.9 Å². The number of hydrogen-bond acceptors (Lipinski definition) is 2. The third-order valence-corrected chi connectivity index (χ3v) is 6.02. The Labute approximate surface area is 176 Å². The van der Waals surface area contributed by atoms with Gasteiger partial charge in [-0.25, -0.2) is 0 Å². The maximum atomic E-state index is 6.08. The Bertz CT molecular complexity index is 997. The van der Waals surface area contributed by atoms with E-state index < -0.39 is 0 Å². The number of hydrogen-bond donors (Lipinski definition) is 1. The fourth-order valence-corrected chi connectivity index (χ4v) is 4.65. The van der Waals surface area contributed by atoms with Crippen molar-refractivity contribution >= 4 is 28.9 Å². The van der Waals surface area contributed by atoms with Gasteiger partial charge in [0.25, 0.3) is 0 Å².